The van der Waals surface area contributed by atoms with Gasteiger partial charge in [-0.05, 0) is 68.8 Å². The van der Waals surface area contributed by atoms with Gasteiger partial charge in [0.05, 0.1) is 25.1 Å². The lowest BCUT2D eigenvalue weighted by Crippen LogP contribution is -2.37. The molecule has 1 heterocycles. The maximum absolute atomic E-state index is 12.5. The number of carboxylic acid groups (broad SMARTS) is 1. The molecule has 2 aromatic carbocycles. The lowest BCUT2D eigenvalue weighted by molar-refractivity contribution is -0.138. The summed E-state index contributed by atoms with van der Waals surface area (Å²) in [7, 11) is 1.48. The fourth-order valence-electron chi connectivity index (χ4n) is 4.45. The Morgan fingerprint density at radius 1 is 1.03 bits per heavy atom. The van der Waals surface area contributed by atoms with Gasteiger partial charge in [0.2, 0.25) is 0 Å². The van der Waals surface area contributed by atoms with Gasteiger partial charge in [-0.25, -0.2) is 9.59 Å². The van der Waals surface area contributed by atoms with Crippen molar-refractivity contribution in [3.8, 4) is 5.75 Å². The Morgan fingerprint density at radius 3 is 2.51 bits per heavy atom. The molecule has 1 atom stereocenters. The Kier molecular flexibility index (Phi) is 10.1. The largest absolute Gasteiger partial charge is 0.494 e. The van der Waals surface area contributed by atoms with Crippen LogP contribution in [0, 0.1) is 19.8 Å². The highest BCUT2D eigenvalue weighted by atomic mass is 16.5. The predicted octanol–water partition coefficient (Wildman–Crippen LogP) is 5.08. The molecule has 1 aliphatic heterocycles. The van der Waals surface area contributed by atoms with Gasteiger partial charge in [0.25, 0.3) is 0 Å². The first-order chi connectivity index (χ1) is 17.7. The molecule has 0 bridgehead atoms. The molecule has 200 valence electrons. The van der Waals surface area contributed by atoms with Gasteiger partial charge in [0, 0.05) is 31.3 Å². The van der Waals surface area contributed by atoms with Crippen molar-refractivity contribution in [2.45, 2.75) is 39.5 Å². The van der Waals surface area contributed by atoms with E-state index in [0.717, 1.165) is 43.6 Å². The van der Waals surface area contributed by atoms with E-state index in [9.17, 15) is 14.4 Å². The maximum atomic E-state index is 12.5. The van der Waals surface area contributed by atoms with Gasteiger partial charge in [-0.3, -0.25) is 10.1 Å². The number of hydrogen-bond acceptors (Lipinski definition) is 6. The minimum atomic E-state index is -0.756. The second kappa shape index (κ2) is 13.5. The second-order valence-corrected chi connectivity index (χ2v) is 9.28. The van der Waals surface area contributed by atoms with Gasteiger partial charge in [-0.15, -0.1) is 0 Å². The van der Waals surface area contributed by atoms with E-state index >= 15 is 0 Å². The van der Waals surface area contributed by atoms with Crippen molar-refractivity contribution in [3.63, 3.8) is 0 Å². The number of rotatable bonds is 10. The average molecular weight is 513 g/mol. The number of carboxylic acids is 1. The number of hydrogen-bond donors (Lipinski definition) is 4. The van der Waals surface area contributed by atoms with Crippen molar-refractivity contribution < 1.29 is 29.0 Å². The number of likely N-dealkylation sites (tertiary alicyclic amines) is 1. The third-order valence-corrected chi connectivity index (χ3v) is 6.34. The number of ether oxygens (including phenoxy) is 2. The maximum Gasteiger partial charge on any atom is 0.411 e. The first kappa shape index (κ1) is 27.8. The Bertz CT molecular complexity index is 1110. The number of amides is 3. The van der Waals surface area contributed by atoms with E-state index in [2.05, 4.69) is 20.9 Å². The molecule has 1 fully saturated rings. The number of nitrogens with zero attached hydrogens (tertiary/aromatic N) is 1. The molecule has 3 rings (SSSR count). The molecule has 0 aromatic heterocycles. The van der Waals surface area contributed by atoms with Crippen molar-refractivity contribution in [2.75, 3.05) is 49.3 Å². The van der Waals surface area contributed by atoms with Gasteiger partial charge in [-0.1, -0.05) is 18.2 Å². The number of urea groups is 1. The number of carbonyl (C=O) groups excluding carboxylic acids is 2. The van der Waals surface area contributed by atoms with E-state index in [0.29, 0.717) is 29.2 Å². The highest BCUT2D eigenvalue weighted by molar-refractivity contribution is 6.01. The van der Waals surface area contributed by atoms with E-state index in [4.69, 9.17) is 14.6 Å². The number of carbonyl (C=O) groups is 3. The van der Waals surface area contributed by atoms with Crippen LogP contribution in [0.5, 0.6) is 5.75 Å². The molecule has 1 aliphatic rings. The highest BCUT2D eigenvalue weighted by Gasteiger charge is 2.21. The minimum absolute atomic E-state index is 0.180. The number of piperidine rings is 1. The summed E-state index contributed by atoms with van der Waals surface area (Å²) in [6.07, 6.45) is 2.21. The first-order valence-corrected chi connectivity index (χ1v) is 12.5. The number of para-hydroxylation sites is 1. The number of aryl methyl sites for hydroxylation is 2. The zero-order chi connectivity index (χ0) is 26.8. The van der Waals surface area contributed by atoms with Crippen LogP contribution in [-0.4, -0.2) is 61.5 Å². The number of methoxy groups -OCH3 is 1. The normalized spacial score (nSPS) is 15.5. The van der Waals surface area contributed by atoms with Crippen molar-refractivity contribution >= 4 is 35.2 Å². The minimum Gasteiger partial charge on any atom is -0.494 e. The predicted molar refractivity (Wildman–Crippen MR) is 143 cm³/mol. The Hall–Kier alpha value is -3.79. The quantitative estimate of drug-likeness (QED) is 0.327. The number of nitrogens with one attached hydrogen (secondary N) is 3. The standard InChI is InChI=1S/C27H36N4O6/c1-18-8-4-5-10-21(18)28-26(34)29-23-14-19(2)22(16-24(23)36-3)30-27(35)37-13-7-12-31-11-6-9-20(17-31)15-25(32)33/h4-5,8,10,14,16,20H,6-7,9,11-13,15,17H2,1-3H3,(H,30,35)(H,32,33)(H2,28,29,34). The van der Waals surface area contributed by atoms with E-state index < -0.39 is 18.1 Å². The summed E-state index contributed by atoms with van der Waals surface area (Å²) in [5.41, 5.74) is 3.35. The third-order valence-electron chi connectivity index (χ3n) is 6.34. The van der Waals surface area contributed by atoms with Crippen LogP contribution in [0.25, 0.3) is 0 Å². The SMILES string of the molecule is COc1cc(NC(=O)OCCCN2CCCC(CC(=O)O)C2)c(C)cc1NC(=O)Nc1ccccc1C. The molecule has 0 saturated carbocycles. The highest BCUT2D eigenvalue weighted by Crippen LogP contribution is 2.31. The van der Waals surface area contributed by atoms with Crippen LogP contribution in [0.1, 0.15) is 36.8 Å². The fourth-order valence-corrected chi connectivity index (χ4v) is 4.45. The molecule has 0 spiro atoms. The third kappa shape index (κ3) is 8.68. The Balaban J connectivity index is 1.48. The zero-order valence-corrected chi connectivity index (χ0v) is 21.6. The molecule has 1 unspecified atom stereocenters. The molecule has 1 saturated heterocycles. The Labute approximate surface area is 217 Å². The van der Waals surface area contributed by atoms with Crippen molar-refractivity contribution in [1.29, 1.82) is 0 Å². The zero-order valence-electron chi connectivity index (χ0n) is 21.6. The van der Waals surface area contributed by atoms with Gasteiger partial charge >= 0.3 is 18.1 Å². The number of aliphatic carboxylic acids is 1. The Morgan fingerprint density at radius 2 is 1.78 bits per heavy atom. The molecule has 0 aliphatic carbocycles. The topological polar surface area (TPSA) is 129 Å². The van der Waals surface area contributed by atoms with Crippen molar-refractivity contribution in [2.24, 2.45) is 5.92 Å². The van der Waals surface area contributed by atoms with Crippen molar-refractivity contribution in [3.05, 3.63) is 47.5 Å². The van der Waals surface area contributed by atoms with E-state index in [1.807, 2.05) is 38.1 Å². The smallest absolute Gasteiger partial charge is 0.411 e. The second-order valence-electron chi connectivity index (χ2n) is 9.28. The fraction of sp³-hybridized carbons (Fsp3) is 0.444. The molecule has 10 heteroatoms. The van der Waals surface area contributed by atoms with Crippen molar-refractivity contribution in [1.82, 2.24) is 4.90 Å². The average Bonchev–Trinajstić information content (AvgIpc) is 2.85. The van der Waals surface area contributed by atoms with E-state index in [1.165, 1.54) is 7.11 Å². The van der Waals surface area contributed by atoms with Crippen LogP contribution in [-0.2, 0) is 9.53 Å². The van der Waals surface area contributed by atoms with E-state index in [-0.39, 0.29) is 18.9 Å². The van der Waals surface area contributed by atoms with Crippen LogP contribution in [0.15, 0.2) is 36.4 Å². The summed E-state index contributed by atoms with van der Waals surface area (Å²) >= 11 is 0. The van der Waals surface area contributed by atoms with Crippen LogP contribution < -0.4 is 20.7 Å². The monoisotopic (exact) mass is 512 g/mol. The van der Waals surface area contributed by atoms with Crippen LogP contribution in [0.2, 0.25) is 0 Å². The summed E-state index contributed by atoms with van der Waals surface area (Å²) in [4.78, 5) is 38.0. The summed E-state index contributed by atoms with van der Waals surface area (Å²) in [5.74, 6) is -0.186. The lowest BCUT2D eigenvalue weighted by atomic mass is 9.95. The van der Waals surface area contributed by atoms with Crippen LogP contribution >= 0.6 is 0 Å². The molecule has 10 nitrogen and oxygen atoms in total. The van der Waals surface area contributed by atoms with Gasteiger partial charge in [0.15, 0.2) is 0 Å². The van der Waals surface area contributed by atoms with Crippen LogP contribution in [0.4, 0.5) is 26.7 Å². The number of benzene rings is 2. The van der Waals surface area contributed by atoms with E-state index in [1.54, 1.807) is 12.1 Å². The molecular formula is C27H36N4O6. The summed E-state index contributed by atoms with van der Waals surface area (Å²) in [6.45, 7) is 6.42. The summed E-state index contributed by atoms with van der Waals surface area (Å²) in [5, 5.41) is 17.3. The summed E-state index contributed by atoms with van der Waals surface area (Å²) < 4.78 is 10.8. The number of anilines is 3. The van der Waals surface area contributed by atoms with Crippen LogP contribution in [0.3, 0.4) is 0 Å². The molecule has 0 radical (unpaired) electrons. The lowest BCUT2D eigenvalue weighted by Gasteiger charge is -2.31. The van der Waals surface area contributed by atoms with Gasteiger partial charge in [-0.2, -0.15) is 0 Å². The molecule has 37 heavy (non-hydrogen) atoms. The first-order valence-electron chi connectivity index (χ1n) is 12.5. The van der Waals surface area contributed by atoms with Gasteiger partial charge < -0.3 is 30.1 Å². The molecular weight excluding hydrogens is 476 g/mol. The molecule has 2 aromatic rings. The molecule has 3 amide bonds. The van der Waals surface area contributed by atoms with Gasteiger partial charge in [0.1, 0.15) is 5.75 Å². The summed E-state index contributed by atoms with van der Waals surface area (Å²) in [6, 6.07) is 10.4. The molecule has 4 N–H and O–H groups in total.